The molecule has 0 amide bonds. The predicted octanol–water partition coefficient (Wildman–Crippen LogP) is 8.91. The molecule has 3 aliphatic heterocycles. The summed E-state index contributed by atoms with van der Waals surface area (Å²) in [7, 11) is 0. The number of likely N-dealkylation sites (N-methyl/N-ethyl adjacent to an activating group) is 2. The number of benzene rings is 3. The molecule has 0 saturated carbocycles. The number of ether oxygens (including phenoxy) is 1. The van der Waals surface area contributed by atoms with Crippen LogP contribution in [0.3, 0.4) is 0 Å². The van der Waals surface area contributed by atoms with Crippen LogP contribution in [0.4, 0.5) is 5.69 Å². The van der Waals surface area contributed by atoms with E-state index in [1.807, 2.05) is 6.92 Å². The molecule has 3 aliphatic rings. The minimum Gasteiger partial charge on any atom is -0.456 e. The first-order valence-electron chi connectivity index (χ1n) is 15.6. The molecule has 0 spiro atoms. The van der Waals surface area contributed by atoms with Crippen molar-refractivity contribution in [1.82, 2.24) is 4.58 Å². The lowest BCUT2D eigenvalue weighted by molar-refractivity contribution is 0.399. The molecule has 3 heterocycles. The topological polar surface area (TPSA) is 15.5 Å². The Balaban J connectivity index is 1.82. The molecule has 3 aromatic rings. The third-order valence-electron chi connectivity index (χ3n) is 10.1. The Morgan fingerprint density at radius 2 is 1.52 bits per heavy atom. The van der Waals surface area contributed by atoms with Crippen LogP contribution in [0.5, 0.6) is 11.5 Å². The second kappa shape index (κ2) is 10.7. The highest BCUT2D eigenvalue weighted by Crippen LogP contribution is 2.49. The fourth-order valence-corrected chi connectivity index (χ4v) is 8.67. The van der Waals surface area contributed by atoms with E-state index in [0.29, 0.717) is 15.8 Å². The fourth-order valence-electron chi connectivity index (χ4n) is 7.79. The van der Waals surface area contributed by atoms with Crippen LogP contribution in [0.2, 0.25) is 10.0 Å². The number of thiol groups is 1. The lowest BCUT2D eigenvalue weighted by Gasteiger charge is -2.43. The molecule has 0 radical (unpaired) electrons. The first kappa shape index (κ1) is 31.3. The Kier molecular flexibility index (Phi) is 7.63. The van der Waals surface area contributed by atoms with Gasteiger partial charge in [0.1, 0.15) is 18.0 Å². The second-order valence-electron chi connectivity index (χ2n) is 13.5. The number of halogens is 2. The van der Waals surface area contributed by atoms with Gasteiger partial charge in [-0.15, -0.1) is 0 Å². The first-order valence-corrected chi connectivity index (χ1v) is 17.0. The lowest BCUT2D eigenvalue weighted by atomic mass is 9.82. The minimum absolute atomic E-state index is 0.109. The third-order valence-corrected chi connectivity index (χ3v) is 11.4. The molecular weight excluding hydrogens is 603 g/mol. The van der Waals surface area contributed by atoms with E-state index in [-0.39, 0.29) is 11.1 Å². The average Bonchev–Trinajstić information content (AvgIpc) is 2.96. The van der Waals surface area contributed by atoms with Gasteiger partial charge in [0.2, 0.25) is 5.36 Å². The van der Waals surface area contributed by atoms with E-state index in [4.69, 9.17) is 40.6 Å². The van der Waals surface area contributed by atoms with Crippen LogP contribution in [0.15, 0.2) is 36.4 Å². The highest BCUT2D eigenvalue weighted by Gasteiger charge is 2.37. The molecule has 0 N–H and O–H groups in total. The van der Waals surface area contributed by atoms with E-state index in [0.717, 1.165) is 63.2 Å². The molecule has 230 valence electrons. The summed E-state index contributed by atoms with van der Waals surface area (Å²) >= 11 is 19.0. The summed E-state index contributed by atoms with van der Waals surface area (Å²) < 4.78 is 9.39. The highest BCUT2D eigenvalue weighted by molar-refractivity contribution is 7.80. The van der Waals surface area contributed by atoms with Gasteiger partial charge in [-0.2, -0.15) is 12.6 Å². The summed E-state index contributed by atoms with van der Waals surface area (Å²) in [4.78, 5) is 2.46. The molecule has 0 atom stereocenters. The molecule has 0 aliphatic carbocycles. The summed E-state index contributed by atoms with van der Waals surface area (Å²) in [6.07, 6.45) is 4.72. The third kappa shape index (κ3) is 4.50. The summed E-state index contributed by atoms with van der Waals surface area (Å²) in [5.41, 5.74) is 12.2. The molecule has 6 rings (SSSR count). The van der Waals surface area contributed by atoms with Crippen molar-refractivity contribution < 1.29 is 4.74 Å². The van der Waals surface area contributed by atoms with Crippen molar-refractivity contribution in [2.75, 3.05) is 23.7 Å². The Bertz CT molecular complexity index is 1940. The maximum atomic E-state index is 7.23. The van der Waals surface area contributed by atoms with Crippen LogP contribution < -0.4 is 24.8 Å². The number of hydrogen-bond acceptors (Lipinski definition) is 3. The molecule has 0 saturated heterocycles. The van der Waals surface area contributed by atoms with Crippen LogP contribution in [0, 0.1) is 20.8 Å². The van der Waals surface area contributed by atoms with Crippen molar-refractivity contribution in [3.8, 4) is 11.5 Å². The summed E-state index contributed by atoms with van der Waals surface area (Å²) in [6.45, 7) is 23.8. The van der Waals surface area contributed by atoms with Gasteiger partial charge in [0.15, 0.2) is 5.54 Å². The quantitative estimate of drug-likeness (QED) is 0.176. The molecule has 0 bridgehead atoms. The van der Waals surface area contributed by atoms with Crippen LogP contribution in [-0.4, -0.2) is 29.9 Å². The number of fused-ring (bicyclic) bond motifs is 4. The average molecular weight is 647 g/mol. The normalized spacial score (nSPS) is 17.7. The summed E-state index contributed by atoms with van der Waals surface area (Å²) in [5, 5.41) is 3.38. The number of rotatable bonds is 4. The van der Waals surface area contributed by atoms with Gasteiger partial charge >= 0.3 is 0 Å². The number of hydrogen-bond donors (Lipinski definition) is 1. The van der Waals surface area contributed by atoms with Crippen molar-refractivity contribution in [3.05, 3.63) is 96.0 Å². The molecule has 3 aromatic carbocycles. The molecule has 6 heteroatoms. The van der Waals surface area contributed by atoms with Gasteiger partial charge in [0.25, 0.3) is 0 Å². The van der Waals surface area contributed by atoms with Gasteiger partial charge in [0.05, 0.1) is 27.2 Å². The van der Waals surface area contributed by atoms with Gasteiger partial charge in [-0.25, -0.2) is 4.58 Å². The van der Waals surface area contributed by atoms with Gasteiger partial charge in [0, 0.05) is 65.4 Å². The van der Waals surface area contributed by atoms with Crippen LogP contribution in [-0.2, 0) is 0 Å². The zero-order valence-electron chi connectivity index (χ0n) is 27.6. The van der Waals surface area contributed by atoms with E-state index in [1.54, 1.807) is 0 Å². The molecule has 3 nitrogen and oxygen atoms in total. The lowest BCUT2D eigenvalue weighted by Crippen LogP contribution is -2.49. The number of nitrogens with zero attached hydrogens (tertiary/aromatic N) is 2. The zero-order valence-corrected chi connectivity index (χ0v) is 30.0. The maximum absolute atomic E-state index is 7.23. The largest absolute Gasteiger partial charge is 0.456 e. The Morgan fingerprint density at radius 3 is 2.16 bits per heavy atom. The molecule has 0 fully saturated rings. The standard InChI is InChI=1S/C38H42Cl2N2OS/c1-11-41-29-15-31-27(13-25(29)20(3)17-37(41,7)8)34(33-22(5)21(4)23(6)35(39)36(33)40)28-14-26-24(19-44)18-38(9,10)42(12-2)30(26)16-32(28)43-31/h13-18H,11-12,19H2,1-10H3/p+1. The summed E-state index contributed by atoms with van der Waals surface area (Å²) in [6, 6.07) is 9.07. The maximum Gasteiger partial charge on any atom is 0.212 e. The fraction of sp³-hybridized carbons (Fsp3) is 0.395. The zero-order chi connectivity index (χ0) is 32.0. The Hall–Kier alpha value is -2.66. The van der Waals surface area contributed by atoms with E-state index < -0.39 is 0 Å². The van der Waals surface area contributed by atoms with E-state index >= 15 is 0 Å². The van der Waals surface area contributed by atoms with Crippen molar-refractivity contribution in [2.24, 2.45) is 0 Å². The second-order valence-corrected chi connectivity index (χ2v) is 14.6. The molecule has 0 aromatic heterocycles. The first-order chi connectivity index (χ1) is 20.7. The smallest absolute Gasteiger partial charge is 0.212 e. The summed E-state index contributed by atoms with van der Waals surface area (Å²) in [5.74, 6) is 2.31. The molecule has 0 unspecified atom stereocenters. The van der Waals surface area contributed by atoms with Crippen LogP contribution in [0.1, 0.15) is 87.4 Å². The van der Waals surface area contributed by atoms with Crippen molar-refractivity contribution in [3.63, 3.8) is 0 Å². The predicted molar refractivity (Wildman–Crippen MR) is 193 cm³/mol. The van der Waals surface area contributed by atoms with E-state index in [1.165, 1.54) is 33.3 Å². The monoisotopic (exact) mass is 645 g/mol. The number of anilines is 1. The van der Waals surface area contributed by atoms with Gasteiger partial charge in [-0.1, -0.05) is 29.3 Å². The number of allylic oxidation sites excluding steroid dienone is 1. The van der Waals surface area contributed by atoms with E-state index in [2.05, 4.69) is 108 Å². The van der Waals surface area contributed by atoms with Crippen molar-refractivity contribution >= 4 is 58.2 Å². The highest BCUT2D eigenvalue weighted by atomic mass is 35.5. The van der Waals surface area contributed by atoms with E-state index in [9.17, 15) is 0 Å². The van der Waals surface area contributed by atoms with Crippen molar-refractivity contribution in [1.29, 1.82) is 0 Å². The SMILES string of the molecule is CCN1c2cc3c(cc2C(C)=CC1(C)C)C(c1c(C)c(C)c(C)c(Cl)c1Cl)=c1cc2c(cc1O3)=[N+](CC)C(C)(C)C=C2CS. The van der Waals surface area contributed by atoms with Gasteiger partial charge in [-0.05, 0) is 101 Å². The van der Waals surface area contributed by atoms with Crippen LogP contribution >= 0.6 is 35.8 Å². The Morgan fingerprint density at radius 1 is 0.818 bits per heavy atom. The Labute approximate surface area is 277 Å². The van der Waals surface area contributed by atoms with Gasteiger partial charge < -0.3 is 9.64 Å². The molecule has 44 heavy (non-hydrogen) atoms. The minimum atomic E-state index is -0.148. The molecular formula is C38H43Cl2N2OS+. The van der Waals surface area contributed by atoms with Crippen molar-refractivity contribution in [2.45, 2.75) is 80.3 Å². The van der Waals surface area contributed by atoms with Gasteiger partial charge in [-0.3, -0.25) is 0 Å². The van der Waals surface area contributed by atoms with Crippen LogP contribution in [0.25, 0.3) is 16.7 Å².